The molecule has 8 nitrogen and oxygen atoms in total. The van der Waals surface area contributed by atoms with Crippen molar-refractivity contribution >= 4 is 17.7 Å². The van der Waals surface area contributed by atoms with E-state index in [4.69, 9.17) is 4.74 Å². The predicted molar refractivity (Wildman–Crippen MR) is 80.0 cm³/mol. The summed E-state index contributed by atoms with van der Waals surface area (Å²) in [5, 5.41) is 8.09. The molecule has 1 aliphatic heterocycles. The topological polar surface area (TPSA) is 95.1 Å². The monoisotopic (exact) mass is 305 g/mol. The molecule has 3 N–H and O–H groups in total. The smallest absolute Gasteiger partial charge is 0.307 e. The van der Waals surface area contributed by atoms with E-state index in [1.165, 1.54) is 0 Å². The van der Waals surface area contributed by atoms with E-state index < -0.39 is 0 Å². The van der Waals surface area contributed by atoms with Crippen LogP contribution in [0.4, 0.5) is 0 Å². The Morgan fingerprint density at radius 2 is 2.09 bits per heavy atom. The molecule has 0 aromatic heterocycles. The van der Waals surface area contributed by atoms with Gasteiger partial charge >= 0.3 is 5.97 Å². The molecule has 118 valence electrons. The first kappa shape index (κ1) is 15.8. The van der Waals surface area contributed by atoms with E-state index in [0.29, 0.717) is 13.2 Å². The lowest BCUT2D eigenvalue weighted by Gasteiger charge is -2.15. The van der Waals surface area contributed by atoms with Crippen molar-refractivity contribution in [2.75, 3.05) is 13.2 Å². The van der Waals surface area contributed by atoms with Gasteiger partial charge in [-0.25, -0.2) is 5.53 Å². The number of benzene rings is 1. The van der Waals surface area contributed by atoms with Crippen LogP contribution in [0, 0.1) is 0 Å². The number of ether oxygens (including phenoxy) is 1. The fourth-order valence-corrected chi connectivity index (χ4v) is 1.83. The van der Waals surface area contributed by atoms with Crippen LogP contribution < -0.4 is 16.3 Å². The average molecular weight is 305 g/mol. The maximum Gasteiger partial charge on any atom is 0.307 e. The van der Waals surface area contributed by atoms with Gasteiger partial charge in [0.05, 0.1) is 19.6 Å². The third-order valence-electron chi connectivity index (χ3n) is 2.84. The Bertz CT molecular complexity index is 547. The molecule has 1 aromatic rings. The first-order chi connectivity index (χ1) is 10.7. The Kier molecular flexibility index (Phi) is 5.73. The lowest BCUT2D eigenvalue weighted by Crippen LogP contribution is -2.46. The minimum Gasteiger partial charge on any atom is -0.466 e. The van der Waals surface area contributed by atoms with E-state index in [1.54, 1.807) is 12.0 Å². The van der Waals surface area contributed by atoms with Crippen LogP contribution >= 0.6 is 0 Å². The molecule has 0 saturated heterocycles. The SMILES string of the molecule is CCOC(=O)CCNC(=O)C1=NNN(Cc2ccccc2)N1. The van der Waals surface area contributed by atoms with Gasteiger partial charge in [0, 0.05) is 6.54 Å². The second-order valence-electron chi connectivity index (χ2n) is 4.55. The molecule has 1 aliphatic rings. The van der Waals surface area contributed by atoms with Crippen molar-refractivity contribution in [1.29, 1.82) is 0 Å². The fraction of sp³-hybridized carbons (Fsp3) is 0.357. The molecular formula is C14H19N5O3. The van der Waals surface area contributed by atoms with Gasteiger partial charge in [0.1, 0.15) is 0 Å². The van der Waals surface area contributed by atoms with Crippen LogP contribution in [0.1, 0.15) is 18.9 Å². The Balaban J connectivity index is 1.70. The highest BCUT2D eigenvalue weighted by molar-refractivity contribution is 6.37. The minimum absolute atomic E-state index is 0.133. The van der Waals surface area contributed by atoms with Crippen LogP contribution in [-0.4, -0.2) is 36.0 Å². The first-order valence-electron chi connectivity index (χ1n) is 7.04. The van der Waals surface area contributed by atoms with Gasteiger partial charge in [0.15, 0.2) is 0 Å². The molecule has 0 radical (unpaired) electrons. The maximum atomic E-state index is 11.9. The number of amides is 1. The van der Waals surface area contributed by atoms with Gasteiger partial charge in [0.2, 0.25) is 5.84 Å². The molecule has 0 saturated carbocycles. The van der Waals surface area contributed by atoms with Crippen LogP contribution in [0.5, 0.6) is 0 Å². The number of hydrogen-bond donors (Lipinski definition) is 3. The van der Waals surface area contributed by atoms with Gasteiger partial charge in [-0.3, -0.25) is 15.0 Å². The highest BCUT2D eigenvalue weighted by atomic mass is 16.5. The van der Waals surface area contributed by atoms with Gasteiger partial charge in [0.25, 0.3) is 5.91 Å². The van der Waals surface area contributed by atoms with Gasteiger partial charge in [-0.1, -0.05) is 30.3 Å². The lowest BCUT2D eigenvalue weighted by molar-refractivity contribution is -0.142. The summed E-state index contributed by atoms with van der Waals surface area (Å²) >= 11 is 0. The number of nitrogens with one attached hydrogen (secondary N) is 3. The number of amidine groups is 1. The zero-order valence-electron chi connectivity index (χ0n) is 12.3. The van der Waals surface area contributed by atoms with Crippen molar-refractivity contribution in [3.05, 3.63) is 35.9 Å². The summed E-state index contributed by atoms with van der Waals surface area (Å²) in [6, 6.07) is 9.76. The number of rotatable bonds is 7. The molecule has 1 amide bonds. The number of carbonyl (C=O) groups is 2. The minimum atomic E-state index is -0.382. The first-order valence-corrected chi connectivity index (χ1v) is 7.04. The third-order valence-corrected chi connectivity index (χ3v) is 2.84. The van der Waals surface area contributed by atoms with E-state index in [0.717, 1.165) is 5.56 Å². The van der Waals surface area contributed by atoms with Crippen molar-refractivity contribution in [3.63, 3.8) is 0 Å². The molecule has 0 bridgehead atoms. The second-order valence-corrected chi connectivity index (χ2v) is 4.55. The molecule has 22 heavy (non-hydrogen) atoms. The van der Waals surface area contributed by atoms with Crippen LogP contribution in [-0.2, 0) is 20.9 Å². The van der Waals surface area contributed by atoms with E-state index >= 15 is 0 Å². The average Bonchev–Trinajstić information content (AvgIpc) is 2.97. The maximum absolute atomic E-state index is 11.9. The van der Waals surface area contributed by atoms with Gasteiger partial charge in [-0.15, -0.1) is 10.2 Å². The molecule has 0 unspecified atom stereocenters. The van der Waals surface area contributed by atoms with Gasteiger partial charge < -0.3 is 10.1 Å². The Morgan fingerprint density at radius 1 is 1.32 bits per heavy atom. The zero-order chi connectivity index (χ0) is 15.8. The van der Waals surface area contributed by atoms with Crippen LogP contribution in [0.2, 0.25) is 0 Å². The van der Waals surface area contributed by atoms with E-state index in [1.807, 2.05) is 30.3 Å². The molecule has 0 atom stereocenters. The van der Waals surface area contributed by atoms with Gasteiger partial charge in [-0.2, -0.15) is 0 Å². The highest BCUT2D eigenvalue weighted by Gasteiger charge is 2.20. The normalized spacial score (nSPS) is 13.8. The summed E-state index contributed by atoms with van der Waals surface area (Å²) in [6.45, 7) is 2.82. The van der Waals surface area contributed by atoms with Crippen molar-refractivity contribution in [3.8, 4) is 0 Å². The van der Waals surface area contributed by atoms with Crippen LogP contribution in [0.3, 0.4) is 0 Å². The molecule has 1 heterocycles. The van der Waals surface area contributed by atoms with Crippen molar-refractivity contribution in [2.24, 2.45) is 5.10 Å². The summed E-state index contributed by atoms with van der Waals surface area (Å²) in [6.07, 6.45) is 0.133. The Morgan fingerprint density at radius 3 is 2.82 bits per heavy atom. The summed E-state index contributed by atoms with van der Waals surface area (Å²) in [7, 11) is 0. The number of hydrazone groups is 1. The number of nitrogens with zero attached hydrogens (tertiary/aromatic N) is 2. The Labute approximate surface area is 128 Å². The second kappa shape index (κ2) is 7.99. The molecule has 0 aliphatic carbocycles. The zero-order valence-corrected chi connectivity index (χ0v) is 12.3. The Hall–Kier alpha value is -2.61. The summed E-state index contributed by atoms with van der Waals surface area (Å²) in [5.41, 5.74) is 6.63. The summed E-state index contributed by atoms with van der Waals surface area (Å²) < 4.78 is 4.78. The van der Waals surface area contributed by atoms with E-state index in [-0.39, 0.29) is 30.7 Å². The van der Waals surface area contributed by atoms with E-state index in [9.17, 15) is 9.59 Å². The molecule has 0 spiro atoms. The van der Waals surface area contributed by atoms with Crippen LogP contribution in [0.25, 0.3) is 0 Å². The highest BCUT2D eigenvalue weighted by Crippen LogP contribution is 2.02. The van der Waals surface area contributed by atoms with E-state index in [2.05, 4.69) is 21.4 Å². The lowest BCUT2D eigenvalue weighted by atomic mass is 10.2. The molecule has 8 heteroatoms. The molecule has 1 aromatic carbocycles. The molecule has 2 rings (SSSR count). The fourth-order valence-electron chi connectivity index (χ4n) is 1.83. The van der Waals surface area contributed by atoms with Gasteiger partial charge in [-0.05, 0) is 12.5 Å². The van der Waals surface area contributed by atoms with Crippen molar-refractivity contribution < 1.29 is 14.3 Å². The number of esters is 1. The number of carbonyl (C=O) groups excluding carboxylic acids is 2. The number of hydrazine groups is 2. The van der Waals surface area contributed by atoms with Crippen molar-refractivity contribution in [1.82, 2.24) is 21.4 Å². The molecular weight excluding hydrogens is 286 g/mol. The molecule has 0 fully saturated rings. The van der Waals surface area contributed by atoms with Crippen LogP contribution in [0.15, 0.2) is 35.4 Å². The van der Waals surface area contributed by atoms with Crippen molar-refractivity contribution in [2.45, 2.75) is 19.9 Å². The third kappa shape index (κ3) is 4.74. The number of hydrogen-bond acceptors (Lipinski definition) is 7. The quantitative estimate of drug-likeness (QED) is 0.609. The predicted octanol–water partition coefficient (Wildman–Crippen LogP) is -0.106. The standard InChI is InChI=1S/C14H19N5O3/c1-2-22-12(20)8-9-15-14(21)13-16-18-19(17-13)10-11-6-4-3-5-7-11/h3-7,18H,2,8-10H2,1H3,(H,15,21)(H,16,17). The summed E-state index contributed by atoms with van der Waals surface area (Å²) in [5.74, 6) is -0.569. The largest absolute Gasteiger partial charge is 0.466 e. The summed E-state index contributed by atoms with van der Waals surface area (Å²) in [4.78, 5) is 23.0.